The molecule has 0 aliphatic heterocycles. The molecule has 94 valence electrons. The molecule has 2 rings (SSSR count). The minimum atomic E-state index is 0.904. The van der Waals surface area contributed by atoms with E-state index in [4.69, 9.17) is 4.74 Å². The van der Waals surface area contributed by atoms with Crippen LogP contribution in [0.15, 0.2) is 34.8 Å². The van der Waals surface area contributed by atoms with Gasteiger partial charge in [-0.25, -0.2) is 0 Å². The summed E-state index contributed by atoms with van der Waals surface area (Å²) in [6, 6.07) is 10.4. The largest absolute Gasteiger partial charge is 0.457 e. The Morgan fingerprint density at radius 3 is 1.78 bits per heavy atom. The fourth-order valence-corrected chi connectivity index (χ4v) is 2.85. The molecule has 0 saturated heterocycles. The van der Waals surface area contributed by atoms with Crippen molar-refractivity contribution >= 4 is 15.9 Å². The highest BCUT2D eigenvalue weighted by Crippen LogP contribution is 2.32. The van der Waals surface area contributed by atoms with Gasteiger partial charge in [0.25, 0.3) is 0 Å². The number of hydrogen-bond donors (Lipinski definition) is 0. The van der Waals surface area contributed by atoms with Crippen LogP contribution in [0.1, 0.15) is 22.3 Å². The molecular weight excluding hydrogens is 288 g/mol. The Balaban J connectivity index is 2.40. The average Bonchev–Trinajstić information content (AvgIpc) is 2.22. The van der Waals surface area contributed by atoms with Crippen molar-refractivity contribution in [2.45, 2.75) is 27.7 Å². The van der Waals surface area contributed by atoms with Gasteiger partial charge in [-0.3, -0.25) is 0 Å². The molecule has 0 saturated carbocycles. The first-order chi connectivity index (χ1) is 8.45. The van der Waals surface area contributed by atoms with Crippen LogP contribution in [0.2, 0.25) is 0 Å². The van der Waals surface area contributed by atoms with Crippen LogP contribution in [0, 0.1) is 27.7 Å². The Labute approximate surface area is 117 Å². The molecule has 0 aromatic heterocycles. The molecule has 2 aromatic rings. The SMILES string of the molecule is Cc1cc(C)cc(Oc2c(C)cc(Br)cc2C)c1. The van der Waals surface area contributed by atoms with Crippen LogP contribution in [-0.2, 0) is 0 Å². The molecule has 0 heterocycles. The zero-order valence-corrected chi connectivity index (χ0v) is 12.8. The number of halogens is 1. The van der Waals surface area contributed by atoms with Gasteiger partial charge in [0.15, 0.2) is 0 Å². The van der Waals surface area contributed by atoms with E-state index >= 15 is 0 Å². The minimum absolute atomic E-state index is 0.904. The van der Waals surface area contributed by atoms with Crippen LogP contribution in [-0.4, -0.2) is 0 Å². The molecule has 2 aromatic carbocycles. The standard InChI is InChI=1S/C16H17BrO/c1-10-5-11(2)7-15(6-10)18-16-12(3)8-14(17)9-13(16)4/h5-9H,1-4H3. The van der Waals surface area contributed by atoms with Crippen molar-refractivity contribution in [3.63, 3.8) is 0 Å². The minimum Gasteiger partial charge on any atom is -0.457 e. The van der Waals surface area contributed by atoms with Crippen molar-refractivity contribution in [3.8, 4) is 11.5 Å². The molecule has 0 spiro atoms. The lowest BCUT2D eigenvalue weighted by molar-refractivity contribution is 0.474. The van der Waals surface area contributed by atoms with Crippen molar-refractivity contribution in [3.05, 3.63) is 57.1 Å². The van der Waals surface area contributed by atoms with Crippen LogP contribution >= 0.6 is 15.9 Å². The molecule has 0 aliphatic rings. The fraction of sp³-hybridized carbons (Fsp3) is 0.250. The maximum absolute atomic E-state index is 6.04. The van der Waals surface area contributed by atoms with E-state index in [1.807, 2.05) is 0 Å². The van der Waals surface area contributed by atoms with Gasteiger partial charge in [-0.05, 0) is 74.2 Å². The number of aryl methyl sites for hydroxylation is 4. The summed E-state index contributed by atoms with van der Waals surface area (Å²) in [4.78, 5) is 0. The molecule has 0 fully saturated rings. The Morgan fingerprint density at radius 1 is 0.778 bits per heavy atom. The first-order valence-electron chi connectivity index (χ1n) is 5.98. The predicted molar refractivity (Wildman–Crippen MR) is 79.6 cm³/mol. The Hall–Kier alpha value is -1.28. The predicted octanol–water partition coefficient (Wildman–Crippen LogP) is 5.48. The second-order valence-corrected chi connectivity index (χ2v) is 5.71. The number of ether oxygens (including phenoxy) is 1. The normalized spacial score (nSPS) is 10.5. The van der Waals surface area contributed by atoms with Gasteiger partial charge in [0.1, 0.15) is 11.5 Å². The number of benzene rings is 2. The van der Waals surface area contributed by atoms with E-state index in [1.165, 1.54) is 11.1 Å². The Kier molecular flexibility index (Phi) is 3.76. The summed E-state index contributed by atoms with van der Waals surface area (Å²) in [6.45, 7) is 8.30. The van der Waals surface area contributed by atoms with Crippen LogP contribution in [0.25, 0.3) is 0 Å². The third kappa shape index (κ3) is 2.94. The first kappa shape index (κ1) is 13.2. The maximum Gasteiger partial charge on any atom is 0.133 e. The third-order valence-corrected chi connectivity index (χ3v) is 3.30. The monoisotopic (exact) mass is 304 g/mol. The van der Waals surface area contributed by atoms with Crippen molar-refractivity contribution < 1.29 is 4.74 Å². The summed E-state index contributed by atoms with van der Waals surface area (Å²) in [6.07, 6.45) is 0. The van der Waals surface area contributed by atoms with Crippen LogP contribution in [0.3, 0.4) is 0 Å². The van der Waals surface area contributed by atoms with Crippen molar-refractivity contribution in [2.75, 3.05) is 0 Å². The van der Waals surface area contributed by atoms with Crippen molar-refractivity contribution in [1.29, 1.82) is 0 Å². The van der Waals surface area contributed by atoms with Gasteiger partial charge in [-0.2, -0.15) is 0 Å². The van der Waals surface area contributed by atoms with Gasteiger partial charge in [0.05, 0.1) is 0 Å². The molecule has 2 heteroatoms. The quantitative estimate of drug-likeness (QED) is 0.714. The molecule has 0 radical (unpaired) electrons. The summed E-state index contributed by atoms with van der Waals surface area (Å²) in [5, 5.41) is 0. The smallest absolute Gasteiger partial charge is 0.133 e. The molecule has 0 atom stereocenters. The maximum atomic E-state index is 6.04. The molecule has 1 nitrogen and oxygen atoms in total. The molecule has 0 unspecified atom stereocenters. The van der Waals surface area contributed by atoms with E-state index in [-0.39, 0.29) is 0 Å². The molecule has 0 aliphatic carbocycles. The average molecular weight is 305 g/mol. The highest BCUT2D eigenvalue weighted by molar-refractivity contribution is 9.10. The van der Waals surface area contributed by atoms with E-state index in [2.05, 4.69) is 74.0 Å². The van der Waals surface area contributed by atoms with Crippen LogP contribution in [0.5, 0.6) is 11.5 Å². The molecule has 0 bridgehead atoms. The summed E-state index contributed by atoms with van der Waals surface area (Å²) in [5.41, 5.74) is 4.72. The third-order valence-electron chi connectivity index (χ3n) is 2.84. The lowest BCUT2D eigenvalue weighted by Crippen LogP contribution is -1.92. The zero-order chi connectivity index (χ0) is 13.3. The van der Waals surface area contributed by atoms with Gasteiger partial charge in [0.2, 0.25) is 0 Å². The second kappa shape index (κ2) is 5.15. The molecule has 18 heavy (non-hydrogen) atoms. The highest BCUT2D eigenvalue weighted by atomic mass is 79.9. The molecule has 0 N–H and O–H groups in total. The summed E-state index contributed by atoms with van der Waals surface area (Å²) in [5.74, 6) is 1.85. The lowest BCUT2D eigenvalue weighted by atomic mass is 10.1. The van der Waals surface area contributed by atoms with Crippen LogP contribution in [0.4, 0.5) is 0 Å². The van der Waals surface area contributed by atoms with Gasteiger partial charge in [-0.15, -0.1) is 0 Å². The second-order valence-electron chi connectivity index (χ2n) is 4.79. The number of hydrogen-bond acceptors (Lipinski definition) is 1. The van der Waals surface area contributed by atoms with Gasteiger partial charge in [0, 0.05) is 4.47 Å². The summed E-state index contributed by atoms with van der Waals surface area (Å²) < 4.78 is 7.12. The zero-order valence-electron chi connectivity index (χ0n) is 11.2. The van der Waals surface area contributed by atoms with Gasteiger partial charge >= 0.3 is 0 Å². The van der Waals surface area contributed by atoms with Crippen molar-refractivity contribution in [2.24, 2.45) is 0 Å². The van der Waals surface area contributed by atoms with Crippen molar-refractivity contribution in [1.82, 2.24) is 0 Å². The van der Waals surface area contributed by atoms with E-state index in [9.17, 15) is 0 Å². The number of rotatable bonds is 2. The van der Waals surface area contributed by atoms with Crippen LogP contribution < -0.4 is 4.74 Å². The lowest BCUT2D eigenvalue weighted by Gasteiger charge is -2.13. The van der Waals surface area contributed by atoms with E-state index < -0.39 is 0 Å². The van der Waals surface area contributed by atoms with Gasteiger partial charge < -0.3 is 4.74 Å². The van der Waals surface area contributed by atoms with E-state index in [0.717, 1.165) is 27.1 Å². The molecular formula is C16H17BrO. The highest BCUT2D eigenvalue weighted by Gasteiger charge is 2.07. The Morgan fingerprint density at radius 2 is 1.28 bits per heavy atom. The first-order valence-corrected chi connectivity index (χ1v) is 6.78. The summed E-state index contributed by atoms with van der Waals surface area (Å²) in [7, 11) is 0. The molecule has 0 amide bonds. The topological polar surface area (TPSA) is 9.23 Å². The Bertz CT molecular complexity index is 544. The fourth-order valence-electron chi connectivity index (χ4n) is 2.17. The van der Waals surface area contributed by atoms with E-state index in [0.29, 0.717) is 0 Å². The summed E-state index contributed by atoms with van der Waals surface area (Å²) >= 11 is 3.50. The van der Waals surface area contributed by atoms with E-state index in [1.54, 1.807) is 0 Å². The van der Waals surface area contributed by atoms with Gasteiger partial charge in [-0.1, -0.05) is 22.0 Å².